The summed E-state index contributed by atoms with van der Waals surface area (Å²) in [6, 6.07) is 0.550. The van der Waals surface area contributed by atoms with Gasteiger partial charge in [0, 0.05) is 6.04 Å². The van der Waals surface area contributed by atoms with Crippen LogP contribution < -0.4 is 0 Å². The molecule has 3 atom stereocenters. The van der Waals surface area contributed by atoms with E-state index >= 15 is 0 Å². The van der Waals surface area contributed by atoms with E-state index in [1.807, 2.05) is 0 Å². The van der Waals surface area contributed by atoms with Crippen LogP contribution in [0.2, 0.25) is 0 Å². The summed E-state index contributed by atoms with van der Waals surface area (Å²) in [5.41, 5.74) is 0. The Hall–Kier alpha value is -0.330. The predicted molar refractivity (Wildman–Crippen MR) is 40.9 cm³/mol. The van der Waals surface area contributed by atoms with Gasteiger partial charge in [-0.25, -0.2) is 0 Å². The van der Waals surface area contributed by atoms with Gasteiger partial charge < -0.3 is 0 Å². The molecule has 1 aliphatic rings. The molecule has 9 heavy (non-hydrogen) atoms. The average Bonchev–Trinajstić information content (AvgIpc) is 1.83. The quantitative estimate of drug-likeness (QED) is 0.470. The SMILES string of the molecule is CC1CC=NC(C)C1C. The number of nitrogens with zero attached hydrogens (tertiary/aromatic N) is 1. The molecule has 0 radical (unpaired) electrons. The van der Waals surface area contributed by atoms with Gasteiger partial charge in [0.1, 0.15) is 0 Å². The maximum absolute atomic E-state index is 4.34. The van der Waals surface area contributed by atoms with Crippen molar-refractivity contribution in [3.63, 3.8) is 0 Å². The van der Waals surface area contributed by atoms with Crippen LogP contribution in [0.3, 0.4) is 0 Å². The zero-order valence-electron chi connectivity index (χ0n) is 6.46. The highest BCUT2D eigenvalue weighted by Crippen LogP contribution is 2.23. The van der Waals surface area contributed by atoms with E-state index in [4.69, 9.17) is 0 Å². The summed E-state index contributed by atoms with van der Waals surface area (Å²) < 4.78 is 0. The van der Waals surface area contributed by atoms with Crippen molar-refractivity contribution in [2.24, 2.45) is 16.8 Å². The number of hydrogen-bond donors (Lipinski definition) is 0. The molecule has 0 saturated carbocycles. The number of hydrogen-bond acceptors (Lipinski definition) is 1. The Morgan fingerprint density at radius 3 is 2.44 bits per heavy atom. The Kier molecular flexibility index (Phi) is 1.89. The van der Waals surface area contributed by atoms with Gasteiger partial charge in [0.15, 0.2) is 0 Å². The van der Waals surface area contributed by atoms with Crippen molar-refractivity contribution < 1.29 is 0 Å². The Balaban J connectivity index is 2.58. The highest BCUT2D eigenvalue weighted by molar-refractivity contribution is 5.58. The molecule has 52 valence electrons. The van der Waals surface area contributed by atoms with Crippen LogP contribution in [0.5, 0.6) is 0 Å². The third-order valence-corrected chi connectivity index (χ3v) is 2.48. The first-order valence-electron chi connectivity index (χ1n) is 3.73. The summed E-state index contributed by atoms with van der Waals surface area (Å²) in [6.07, 6.45) is 3.24. The Morgan fingerprint density at radius 2 is 2.00 bits per heavy atom. The molecule has 0 aliphatic carbocycles. The average molecular weight is 125 g/mol. The van der Waals surface area contributed by atoms with Gasteiger partial charge in [-0.05, 0) is 31.4 Å². The molecule has 0 spiro atoms. The lowest BCUT2D eigenvalue weighted by Crippen LogP contribution is -2.23. The fourth-order valence-electron chi connectivity index (χ4n) is 1.22. The maximum atomic E-state index is 4.34. The second kappa shape index (κ2) is 2.51. The fourth-order valence-corrected chi connectivity index (χ4v) is 1.22. The zero-order chi connectivity index (χ0) is 6.85. The first-order valence-corrected chi connectivity index (χ1v) is 3.73. The van der Waals surface area contributed by atoms with Crippen molar-refractivity contribution in [2.45, 2.75) is 33.2 Å². The molecule has 1 rings (SSSR count). The third kappa shape index (κ3) is 1.32. The monoisotopic (exact) mass is 125 g/mol. The van der Waals surface area contributed by atoms with E-state index in [-0.39, 0.29) is 0 Å². The normalized spacial score (nSPS) is 43.2. The lowest BCUT2D eigenvalue weighted by Gasteiger charge is -2.26. The third-order valence-electron chi connectivity index (χ3n) is 2.48. The second-order valence-corrected chi connectivity index (χ2v) is 3.14. The summed E-state index contributed by atoms with van der Waals surface area (Å²) in [5.74, 6) is 1.60. The van der Waals surface area contributed by atoms with Crippen LogP contribution in [0.25, 0.3) is 0 Å². The van der Waals surface area contributed by atoms with Crippen molar-refractivity contribution in [2.75, 3.05) is 0 Å². The highest BCUT2D eigenvalue weighted by Gasteiger charge is 2.20. The molecule has 0 aromatic carbocycles. The predicted octanol–water partition coefficient (Wildman–Crippen LogP) is 2.12. The highest BCUT2D eigenvalue weighted by atomic mass is 14.8. The fraction of sp³-hybridized carbons (Fsp3) is 0.875. The van der Waals surface area contributed by atoms with Crippen LogP contribution in [0, 0.1) is 11.8 Å². The molecule has 0 bridgehead atoms. The van der Waals surface area contributed by atoms with Crippen molar-refractivity contribution in [3.05, 3.63) is 0 Å². The minimum absolute atomic E-state index is 0.550. The van der Waals surface area contributed by atoms with Gasteiger partial charge in [0.25, 0.3) is 0 Å². The molecule has 1 heteroatoms. The number of aliphatic imine (C=N–C) groups is 1. The standard InChI is InChI=1S/C8H15N/c1-6-4-5-9-8(3)7(6)2/h5-8H,4H2,1-3H3. The first-order chi connectivity index (χ1) is 4.22. The minimum atomic E-state index is 0.550. The number of rotatable bonds is 0. The Labute approximate surface area is 57.2 Å². The maximum Gasteiger partial charge on any atom is 0.0495 e. The van der Waals surface area contributed by atoms with Crippen LogP contribution in [0.15, 0.2) is 4.99 Å². The van der Waals surface area contributed by atoms with Gasteiger partial charge in [-0.1, -0.05) is 13.8 Å². The molecule has 0 fully saturated rings. The molecular weight excluding hydrogens is 110 g/mol. The molecule has 0 aromatic heterocycles. The van der Waals surface area contributed by atoms with Crippen LogP contribution in [0.4, 0.5) is 0 Å². The largest absolute Gasteiger partial charge is 0.294 e. The van der Waals surface area contributed by atoms with Crippen molar-refractivity contribution in [1.82, 2.24) is 0 Å². The van der Waals surface area contributed by atoms with Gasteiger partial charge in [-0.3, -0.25) is 4.99 Å². The summed E-state index contributed by atoms with van der Waals surface area (Å²) in [6.45, 7) is 6.77. The van der Waals surface area contributed by atoms with Gasteiger partial charge in [-0.2, -0.15) is 0 Å². The molecule has 1 aliphatic heterocycles. The zero-order valence-corrected chi connectivity index (χ0v) is 6.46. The molecule has 1 heterocycles. The van der Waals surface area contributed by atoms with Crippen LogP contribution >= 0.6 is 0 Å². The molecule has 0 aromatic rings. The van der Waals surface area contributed by atoms with Gasteiger partial charge in [0.2, 0.25) is 0 Å². The summed E-state index contributed by atoms with van der Waals surface area (Å²) in [7, 11) is 0. The van der Waals surface area contributed by atoms with E-state index in [1.54, 1.807) is 0 Å². The van der Waals surface area contributed by atoms with Crippen molar-refractivity contribution >= 4 is 6.21 Å². The van der Waals surface area contributed by atoms with Crippen LogP contribution in [-0.4, -0.2) is 12.3 Å². The molecule has 0 amide bonds. The minimum Gasteiger partial charge on any atom is -0.294 e. The van der Waals surface area contributed by atoms with E-state index in [2.05, 4.69) is 32.0 Å². The van der Waals surface area contributed by atoms with Crippen molar-refractivity contribution in [3.8, 4) is 0 Å². The van der Waals surface area contributed by atoms with E-state index in [0.717, 1.165) is 11.8 Å². The van der Waals surface area contributed by atoms with E-state index in [0.29, 0.717) is 6.04 Å². The smallest absolute Gasteiger partial charge is 0.0495 e. The molecule has 0 N–H and O–H groups in total. The van der Waals surface area contributed by atoms with E-state index in [9.17, 15) is 0 Å². The van der Waals surface area contributed by atoms with Gasteiger partial charge in [-0.15, -0.1) is 0 Å². The summed E-state index contributed by atoms with van der Waals surface area (Å²) in [4.78, 5) is 4.34. The first kappa shape index (κ1) is 6.79. The van der Waals surface area contributed by atoms with Gasteiger partial charge >= 0.3 is 0 Å². The molecule has 1 nitrogen and oxygen atoms in total. The summed E-state index contributed by atoms with van der Waals surface area (Å²) in [5, 5.41) is 0. The van der Waals surface area contributed by atoms with E-state index in [1.165, 1.54) is 6.42 Å². The summed E-state index contributed by atoms with van der Waals surface area (Å²) >= 11 is 0. The van der Waals surface area contributed by atoms with E-state index < -0.39 is 0 Å². The Morgan fingerprint density at radius 1 is 1.33 bits per heavy atom. The van der Waals surface area contributed by atoms with Gasteiger partial charge in [0.05, 0.1) is 0 Å². The Bertz CT molecular complexity index is 118. The lowest BCUT2D eigenvalue weighted by atomic mass is 9.86. The topological polar surface area (TPSA) is 12.4 Å². The van der Waals surface area contributed by atoms with Crippen LogP contribution in [0.1, 0.15) is 27.2 Å². The van der Waals surface area contributed by atoms with Crippen LogP contribution in [-0.2, 0) is 0 Å². The lowest BCUT2D eigenvalue weighted by molar-refractivity contribution is 0.335. The molecular formula is C8H15N. The molecule has 0 saturated heterocycles. The molecule has 3 unspecified atom stereocenters. The second-order valence-electron chi connectivity index (χ2n) is 3.14. The van der Waals surface area contributed by atoms with Crippen molar-refractivity contribution in [1.29, 1.82) is 0 Å².